The van der Waals surface area contributed by atoms with Crippen LogP contribution in [0.5, 0.6) is 0 Å². The first-order valence-corrected chi connectivity index (χ1v) is 9.69. The van der Waals surface area contributed by atoms with Crippen molar-refractivity contribution in [2.75, 3.05) is 10.3 Å². The van der Waals surface area contributed by atoms with Gasteiger partial charge in [-0.1, -0.05) is 19.1 Å². The van der Waals surface area contributed by atoms with Crippen LogP contribution in [0.15, 0.2) is 60.0 Å². The number of halogens is 2. The van der Waals surface area contributed by atoms with Crippen molar-refractivity contribution in [1.29, 1.82) is 0 Å². The summed E-state index contributed by atoms with van der Waals surface area (Å²) in [6.45, 7) is 2.96. The van der Waals surface area contributed by atoms with Gasteiger partial charge in [-0.05, 0) is 37.3 Å². The Morgan fingerprint density at radius 3 is 2.61 bits per heavy atom. The van der Waals surface area contributed by atoms with E-state index in [9.17, 15) is 18.4 Å². The Bertz CT molecular complexity index is 1210. The zero-order valence-corrected chi connectivity index (χ0v) is 16.8. The summed E-state index contributed by atoms with van der Waals surface area (Å²) in [6, 6.07) is 10.5. The molecule has 158 valence electrons. The van der Waals surface area contributed by atoms with Gasteiger partial charge in [-0.3, -0.25) is 19.6 Å². The van der Waals surface area contributed by atoms with Crippen LogP contribution in [-0.4, -0.2) is 27.5 Å². The lowest BCUT2D eigenvalue weighted by molar-refractivity contribution is -0.127. The first kappa shape index (κ1) is 20.5. The molecule has 0 bridgehead atoms. The van der Waals surface area contributed by atoms with E-state index in [1.54, 1.807) is 37.5 Å². The lowest BCUT2D eigenvalue weighted by atomic mass is 10.0. The minimum atomic E-state index is -3.00. The van der Waals surface area contributed by atoms with Gasteiger partial charge in [-0.2, -0.15) is 10.1 Å². The summed E-state index contributed by atoms with van der Waals surface area (Å²) >= 11 is 0. The van der Waals surface area contributed by atoms with E-state index in [4.69, 9.17) is 0 Å². The van der Waals surface area contributed by atoms with Gasteiger partial charge in [0.1, 0.15) is 0 Å². The number of hydrogen-bond acceptors (Lipinski definition) is 5. The fraction of sp³-hybridized carbons (Fsp3) is 0.227. The first-order valence-electron chi connectivity index (χ1n) is 9.69. The van der Waals surface area contributed by atoms with E-state index in [0.717, 1.165) is 5.01 Å². The van der Waals surface area contributed by atoms with E-state index in [1.165, 1.54) is 31.2 Å². The van der Waals surface area contributed by atoms with Crippen LogP contribution in [0.1, 0.15) is 25.8 Å². The Kier molecular flexibility index (Phi) is 5.18. The summed E-state index contributed by atoms with van der Waals surface area (Å²) in [4.78, 5) is 34.2. The molecule has 1 aromatic heterocycles. The Hall–Kier alpha value is -3.75. The standard InChI is InChI=1S/C22H19F2N5O2/c1-3-22(23,24)14-5-4-6-15(11-14)27-20(30)19-13(2)28-29(21(19)31)16-7-8-17-18(12-16)26-10-9-25-17/h4-12,19H,3H2,1-2H3,(H,27,30). The van der Waals surface area contributed by atoms with E-state index in [0.29, 0.717) is 22.4 Å². The maximum Gasteiger partial charge on any atom is 0.273 e. The number of amides is 2. The monoisotopic (exact) mass is 423 g/mol. The van der Waals surface area contributed by atoms with E-state index >= 15 is 0 Å². The normalized spacial score (nSPS) is 16.5. The largest absolute Gasteiger partial charge is 0.325 e. The van der Waals surface area contributed by atoms with Gasteiger partial charge in [0.05, 0.1) is 22.4 Å². The Balaban J connectivity index is 1.55. The molecule has 7 nitrogen and oxygen atoms in total. The molecule has 4 rings (SSSR count). The second-order valence-electron chi connectivity index (χ2n) is 7.18. The number of anilines is 2. The molecule has 1 N–H and O–H groups in total. The highest BCUT2D eigenvalue weighted by atomic mass is 19.3. The number of alkyl halides is 2. The van der Waals surface area contributed by atoms with Crippen molar-refractivity contribution in [3.63, 3.8) is 0 Å². The molecule has 2 heterocycles. The van der Waals surface area contributed by atoms with Crippen molar-refractivity contribution in [3.8, 4) is 0 Å². The Morgan fingerprint density at radius 2 is 1.87 bits per heavy atom. The van der Waals surface area contributed by atoms with Gasteiger partial charge >= 0.3 is 0 Å². The van der Waals surface area contributed by atoms with Gasteiger partial charge in [0.25, 0.3) is 11.8 Å². The molecular weight excluding hydrogens is 404 g/mol. The third kappa shape index (κ3) is 3.86. The van der Waals surface area contributed by atoms with Gasteiger partial charge in [-0.25, -0.2) is 8.78 Å². The molecule has 3 aromatic rings. The molecule has 2 aromatic carbocycles. The van der Waals surface area contributed by atoms with E-state index in [2.05, 4.69) is 20.4 Å². The number of rotatable bonds is 5. The summed E-state index contributed by atoms with van der Waals surface area (Å²) in [5, 5.41) is 7.94. The highest BCUT2D eigenvalue weighted by Crippen LogP contribution is 2.33. The SMILES string of the molecule is CCC(F)(F)c1cccc(NC(=O)C2C(=O)N(c3ccc4nccnc4c3)N=C2C)c1. The molecule has 0 radical (unpaired) electrons. The van der Waals surface area contributed by atoms with Crippen LogP contribution in [0, 0.1) is 5.92 Å². The highest BCUT2D eigenvalue weighted by molar-refractivity contribution is 6.28. The molecule has 0 spiro atoms. The zero-order valence-electron chi connectivity index (χ0n) is 16.8. The molecule has 2 amide bonds. The molecular formula is C22H19F2N5O2. The average molecular weight is 423 g/mol. The van der Waals surface area contributed by atoms with Crippen molar-refractivity contribution in [2.24, 2.45) is 11.0 Å². The Labute approximate surface area is 176 Å². The van der Waals surface area contributed by atoms with Crippen LogP contribution >= 0.6 is 0 Å². The average Bonchev–Trinajstić information content (AvgIpc) is 3.07. The number of nitrogens with one attached hydrogen (secondary N) is 1. The summed E-state index contributed by atoms with van der Waals surface area (Å²) in [5.74, 6) is -5.33. The smallest absolute Gasteiger partial charge is 0.273 e. The second-order valence-corrected chi connectivity index (χ2v) is 7.18. The first-order chi connectivity index (χ1) is 14.8. The van der Waals surface area contributed by atoms with E-state index < -0.39 is 23.7 Å². The summed E-state index contributed by atoms with van der Waals surface area (Å²) in [6.07, 6.45) is 2.75. The van der Waals surface area contributed by atoms with Gasteiger partial charge < -0.3 is 5.32 Å². The molecule has 1 atom stereocenters. The number of carbonyl (C=O) groups excluding carboxylic acids is 2. The number of carbonyl (C=O) groups is 2. The van der Waals surface area contributed by atoms with Gasteiger partial charge in [-0.15, -0.1) is 0 Å². The third-order valence-corrected chi connectivity index (χ3v) is 5.09. The lowest BCUT2D eigenvalue weighted by Gasteiger charge is -2.17. The number of hydrogen-bond donors (Lipinski definition) is 1. The Morgan fingerprint density at radius 1 is 1.13 bits per heavy atom. The van der Waals surface area contributed by atoms with Crippen LogP contribution in [0.4, 0.5) is 20.2 Å². The van der Waals surface area contributed by atoms with Crippen molar-refractivity contribution < 1.29 is 18.4 Å². The van der Waals surface area contributed by atoms with Crippen molar-refractivity contribution in [2.45, 2.75) is 26.2 Å². The second kappa shape index (κ2) is 7.82. The predicted molar refractivity (Wildman–Crippen MR) is 113 cm³/mol. The molecule has 0 fully saturated rings. The lowest BCUT2D eigenvalue weighted by Crippen LogP contribution is -2.36. The van der Waals surface area contributed by atoms with Crippen LogP contribution in [0.25, 0.3) is 11.0 Å². The maximum atomic E-state index is 14.0. The number of aromatic nitrogens is 2. The molecule has 31 heavy (non-hydrogen) atoms. The van der Waals surface area contributed by atoms with Crippen molar-refractivity contribution >= 4 is 39.9 Å². The maximum absolute atomic E-state index is 14.0. The summed E-state index contributed by atoms with van der Waals surface area (Å²) < 4.78 is 28.0. The summed E-state index contributed by atoms with van der Waals surface area (Å²) in [5.41, 5.74) is 2.00. The minimum Gasteiger partial charge on any atom is -0.325 e. The highest BCUT2D eigenvalue weighted by Gasteiger charge is 2.40. The van der Waals surface area contributed by atoms with Crippen LogP contribution in [0.3, 0.4) is 0 Å². The van der Waals surface area contributed by atoms with Crippen LogP contribution in [0.2, 0.25) is 0 Å². The molecule has 9 heteroatoms. The molecule has 0 aliphatic carbocycles. The number of benzene rings is 2. The van der Waals surface area contributed by atoms with Gasteiger partial charge in [0.15, 0.2) is 5.92 Å². The summed E-state index contributed by atoms with van der Waals surface area (Å²) in [7, 11) is 0. The molecule has 0 saturated carbocycles. The molecule has 0 saturated heterocycles. The molecule has 1 unspecified atom stereocenters. The van der Waals surface area contributed by atoms with E-state index in [1.807, 2.05) is 0 Å². The third-order valence-electron chi connectivity index (χ3n) is 5.09. The van der Waals surface area contributed by atoms with Crippen LogP contribution in [-0.2, 0) is 15.5 Å². The topological polar surface area (TPSA) is 87.5 Å². The van der Waals surface area contributed by atoms with Crippen LogP contribution < -0.4 is 10.3 Å². The van der Waals surface area contributed by atoms with E-state index in [-0.39, 0.29) is 17.7 Å². The minimum absolute atomic E-state index is 0.190. The fourth-order valence-corrected chi connectivity index (χ4v) is 3.38. The number of nitrogens with zero attached hydrogens (tertiary/aromatic N) is 4. The van der Waals surface area contributed by atoms with Gasteiger partial charge in [0, 0.05) is 30.1 Å². The fourth-order valence-electron chi connectivity index (χ4n) is 3.38. The molecule has 1 aliphatic rings. The van der Waals surface area contributed by atoms with Crippen molar-refractivity contribution in [1.82, 2.24) is 9.97 Å². The van der Waals surface area contributed by atoms with Gasteiger partial charge in [0.2, 0.25) is 5.91 Å². The zero-order chi connectivity index (χ0) is 22.2. The number of fused-ring (bicyclic) bond motifs is 1. The predicted octanol–water partition coefficient (Wildman–Crippen LogP) is 4.11. The number of hydrazone groups is 1. The quantitative estimate of drug-likeness (QED) is 0.626. The van der Waals surface area contributed by atoms with Crippen molar-refractivity contribution in [3.05, 3.63) is 60.4 Å². The molecule has 1 aliphatic heterocycles.